The lowest BCUT2D eigenvalue weighted by Crippen LogP contribution is -2.40. The summed E-state index contributed by atoms with van der Waals surface area (Å²) in [4.78, 5) is 23.2. The van der Waals surface area contributed by atoms with Gasteiger partial charge < -0.3 is 24.3 Å². The highest BCUT2D eigenvalue weighted by Gasteiger charge is 2.26. The molecular weight excluding hydrogens is 356 g/mol. The number of nitro benzene ring substituents is 1. The van der Waals surface area contributed by atoms with E-state index in [-0.39, 0.29) is 35.9 Å². The van der Waals surface area contributed by atoms with E-state index in [4.69, 9.17) is 18.9 Å². The third-order valence-electron chi connectivity index (χ3n) is 4.00. The van der Waals surface area contributed by atoms with Gasteiger partial charge in [0.2, 0.25) is 0 Å². The van der Waals surface area contributed by atoms with Crippen LogP contribution >= 0.6 is 0 Å². The predicted molar refractivity (Wildman–Crippen MR) is 94.9 cm³/mol. The molecule has 0 bridgehead atoms. The molecule has 1 heterocycles. The molecule has 27 heavy (non-hydrogen) atoms. The molecule has 142 valence electrons. The number of ether oxygens (including phenoxy) is 4. The summed E-state index contributed by atoms with van der Waals surface area (Å²) in [7, 11) is 2.75. The molecule has 0 spiro atoms. The van der Waals surface area contributed by atoms with Gasteiger partial charge in [-0.25, -0.2) is 0 Å². The van der Waals surface area contributed by atoms with Gasteiger partial charge >= 0.3 is 0 Å². The Kier molecular flexibility index (Phi) is 5.30. The number of carbonyl (C=O) groups is 1. The van der Waals surface area contributed by atoms with Crippen LogP contribution in [0.25, 0.3) is 0 Å². The van der Waals surface area contributed by atoms with Gasteiger partial charge in [0.25, 0.3) is 11.6 Å². The summed E-state index contributed by atoms with van der Waals surface area (Å²) in [5.41, 5.74) is -0.508. The van der Waals surface area contributed by atoms with Crippen LogP contribution in [0.1, 0.15) is 10.4 Å². The van der Waals surface area contributed by atoms with Crippen LogP contribution in [-0.4, -0.2) is 44.3 Å². The summed E-state index contributed by atoms with van der Waals surface area (Å²) < 4.78 is 21.5. The van der Waals surface area contributed by atoms with Gasteiger partial charge in [-0.15, -0.1) is 0 Å². The molecule has 0 radical (unpaired) electrons. The fourth-order valence-electron chi connectivity index (χ4n) is 2.67. The van der Waals surface area contributed by atoms with Crippen molar-refractivity contribution in [3.8, 4) is 23.0 Å². The van der Waals surface area contributed by atoms with Crippen molar-refractivity contribution in [2.75, 3.05) is 27.4 Å². The van der Waals surface area contributed by atoms with E-state index in [2.05, 4.69) is 5.32 Å². The van der Waals surface area contributed by atoms with Crippen LogP contribution in [0.5, 0.6) is 23.0 Å². The number of nitrogens with one attached hydrogen (secondary N) is 1. The molecule has 2 aromatic rings. The number of amides is 1. The zero-order chi connectivity index (χ0) is 19.4. The fourth-order valence-corrected chi connectivity index (χ4v) is 2.67. The molecule has 1 amide bonds. The third kappa shape index (κ3) is 3.86. The first-order valence-electron chi connectivity index (χ1n) is 8.10. The van der Waals surface area contributed by atoms with E-state index >= 15 is 0 Å². The Labute approximate surface area is 154 Å². The van der Waals surface area contributed by atoms with Crippen molar-refractivity contribution in [2.24, 2.45) is 0 Å². The number of hydrogen-bond acceptors (Lipinski definition) is 7. The molecule has 0 fully saturated rings. The Bertz CT molecular complexity index is 869. The molecule has 9 heteroatoms. The lowest BCUT2D eigenvalue weighted by Gasteiger charge is -2.26. The maximum Gasteiger partial charge on any atom is 0.286 e. The van der Waals surface area contributed by atoms with Crippen molar-refractivity contribution in [2.45, 2.75) is 6.10 Å². The molecule has 3 rings (SSSR count). The summed E-state index contributed by atoms with van der Waals surface area (Å²) in [6.07, 6.45) is -0.414. The van der Waals surface area contributed by atoms with E-state index in [1.165, 1.54) is 20.3 Å². The van der Waals surface area contributed by atoms with Gasteiger partial charge in [0.15, 0.2) is 23.0 Å². The van der Waals surface area contributed by atoms with Crippen LogP contribution in [0.2, 0.25) is 0 Å². The normalized spacial score (nSPS) is 15.0. The SMILES string of the molecule is COc1cc(C(=O)NC[C@H]2COc3ccccc3O2)c([N+](=O)[O-])cc1OC. The van der Waals surface area contributed by atoms with Crippen molar-refractivity contribution in [3.05, 3.63) is 52.1 Å². The van der Waals surface area contributed by atoms with E-state index in [9.17, 15) is 14.9 Å². The first-order chi connectivity index (χ1) is 13.0. The van der Waals surface area contributed by atoms with Crippen LogP contribution in [0.3, 0.4) is 0 Å². The number of methoxy groups -OCH3 is 2. The Morgan fingerprint density at radius 1 is 1.22 bits per heavy atom. The van der Waals surface area contributed by atoms with E-state index < -0.39 is 16.9 Å². The molecule has 0 unspecified atom stereocenters. The Hall–Kier alpha value is -3.49. The summed E-state index contributed by atoms with van der Waals surface area (Å²) in [5.74, 6) is 0.988. The van der Waals surface area contributed by atoms with Gasteiger partial charge in [0.1, 0.15) is 18.3 Å². The van der Waals surface area contributed by atoms with Gasteiger partial charge in [-0.3, -0.25) is 14.9 Å². The molecule has 0 saturated heterocycles. The first-order valence-corrected chi connectivity index (χ1v) is 8.10. The van der Waals surface area contributed by atoms with E-state index in [0.29, 0.717) is 11.5 Å². The van der Waals surface area contributed by atoms with Crippen LogP contribution in [0.15, 0.2) is 36.4 Å². The van der Waals surface area contributed by atoms with Crippen LogP contribution in [0, 0.1) is 10.1 Å². The Balaban J connectivity index is 1.73. The molecule has 1 aliphatic rings. The highest BCUT2D eigenvalue weighted by Crippen LogP contribution is 2.34. The predicted octanol–water partition coefficient (Wildman–Crippen LogP) is 2.18. The third-order valence-corrected chi connectivity index (χ3v) is 4.00. The topological polar surface area (TPSA) is 109 Å². The zero-order valence-corrected chi connectivity index (χ0v) is 14.8. The number of nitro groups is 1. The number of para-hydroxylation sites is 2. The van der Waals surface area contributed by atoms with Crippen molar-refractivity contribution in [1.29, 1.82) is 0 Å². The lowest BCUT2D eigenvalue weighted by molar-refractivity contribution is -0.385. The van der Waals surface area contributed by atoms with Crippen LogP contribution in [0.4, 0.5) is 5.69 Å². The Morgan fingerprint density at radius 3 is 2.56 bits per heavy atom. The van der Waals surface area contributed by atoms with E-state index in [0.717, 1.165) is 6.07 Å². The number of hydrogen-bond donors (Lipinski definition) is 1. The molecule has 0 aromatic heterocycles. The smallest absolute Gasteiger partial charge is 0.286 e. The highest BCUT2D eigenvalue weighted by atomic mass is 16.6. The molecule has 0 aliphatic carbocycles. The van der Waals surface area contributed by atoms with Gasteiger partial charge in [0, 0.05) is 6.07 Å². The van der Waals surface area contributed by atoms with E-state index in [1.54, 1.807) is 12.1 Å². The molecule has 1 N–H and O–H groups in total. The fraction of sp³-hybridized carbons (Fsp3) is 0.278. The molecule has 2 aromatic carbocycles. The van der Waals surface area contributed by atoms with Crippen molar-refractivity contribution in [3.63, 3.8) is 0 Å². The molecule has 9 nitrogen and oxygen atoms in total. The number of rotatable bonds is 6. The van der Waals surface area contributed by atoms with Crippen molar-refractivity contribution in [1.82, 2.24) is 5.32 Å². The lowest BCUT2D eigenvalue weighted by atomic mass is 10.1. The second-order valence-electron chi connectivity index (χ2n) is 5.69. The average Bonchev–Trinajstić information content (AvgIpc) is 2.70. The second kappa shape index (κ2) is 7.81. The van der Waals surface area contributed by atoms with Gasteiger partial charge in [-0.1, -0.05) is 12.1 Å². The van der Waals surface area contributed by atoms with Crippen molar-refractivity contribution < 1.29 is 28.7 Å². The first kappa shape index (κ1) is 18.3. The summed E-state index contributed by atoms with van der Waals surface area (Å²) >= 11 is 0. The van der Waals surface area contributed by atoms with Crippen LogP contribution < -0.4 is 24.3 Å². The number of nitrogens with zero attached hydrogens (tertiary/aromatic N) is 1. The molecular formula is C18H18N2O7. The molecule has 1 aliphatic heterocycles. The summed E-state index contributed by atoms with van der Waals surface area (Å²) in [6.45, 7) is 0.379. The molecule has 0 saturated carbocycles. The molecule has 1 atom stereocenters. The Morgan fingerprint density at radius 2 is 1.89 bits per heavy atom. The quantitative estimate of drug-likeness (QED) is 0.610. The minimum Gasteiger partial charge on any atom is -0.493 e. The standard InChI is InChI=1S/C18H18N2O7/c1-24-16-7-12(13(20(22)23)8-17(16)25-2)18(21)19-9-11-10-26-14-5-3-4-6-15(14)27-11/h3-8,11H,9-10H2,1-2H3,(H,19,21)/t11-/m0/s1. The minimum absolute atomic E-state index is 0.124. The maximum atomic E-state index is 12.5. The number of fused-ring (bicyclic) bond motifs is 1. The van der Waals surface area contributed by atoms with Gasteiger partial charge in [-0.05, 0) is 12.1 Å². The van der Waals surface area contributed by atoms with Crippen LogP contribution in [-0.2, 0) is 0 Å². The maximum absolute atomic E-state index is 12.5. The highest BCUT2D eigenvalue weighted by molar-refractivity contribution is 5.99. The summed E-state index contributed by atoms with van der Waals surface area (Å²) in [5, 5.41) is 14.0. The average molecular weight is 374 g/mol. The monoisotopic (exact) mass is 374 g/mol. The van der Waals surface area contributed by atoms with E-state index in [1.807, 2.05) is 12.1 Å². The minimum atomic E-state index is -0.645. The number of carbonyl (C=O) groups excluding carboxylic acids is 1. The summed E-state index contributed by atoms with van der Waals surface area (Å²) in [6, 6.07) is 9.64. The largest absolute Gasteiger partial charge is 0.493 e. The zero-order valence-electron chi connectivity index (χ0n) is 14.8. The van der Waals surface area contributed by atoms with Gasteiger partial charge in [-0.2, -0.15) is 0 Å². The second-order valence-corrected chi connectivity index (χ2v) is 5.69. The van der Waals surface area contributed by atoms with Crippen molar-refractivity contribution >= 4 is 11.6 Å². The van der Waals surface area contributed by atoms with Gasteiger partial charge in [0.05, 0.1) is 31.8 Å². The number of benzene rings is 2.